The molecule has 2 saturated carbocycles. The Morgan fingerprint density at radius 3 is 2.32 bits per heavy atom. The molecule has 2 aliphatic carbocycles. The van der Waals surface area contributed by atoms with Crippen LogP contribution in [0.4, 0.5) is 0 Å². The summed E-state index contributed by atoms with van der Waals surface area (Å²) in [4.78, 5) is 27.0. The van der Waals surface area contributed by atoms with Gasteiger partial charge in [-0.05, 0) is 55.9 Å². The van der Waals surface area contributed by atoms with Gasteiger partial charge in [-0.1, -0.05) is 24.3 Å². The van der Waals surface area contributed by atoms with E-state index in [0.29, 0.717) is 29.0 Å². The Labute approximate surface area is 164 Å². The number of Topliss-reactive ketones (excluding diaryl/α,β-unsaturated/α-hetero) is 1. The molecule has 1 atom stereocenters. The highest BCUT2D eigenvalue weighted by atomic mass is 32.2. The van der Waals surface area contributed by atoms with Crippen LogP contribution in [-0.2, 0) is 14.6 Å². The molecule has 0 spiro atoms. The number of pyridine rings is 1. The summed E-state index contributed by atoms with van der Waals surface area (Å²) in [7, 11) is -3.24. The number of carbonyl (C=O) groups is 1. The molecule has 0 bridgehead atoms. The predicted molar refractivity (Wildman–Crippen MR) is 108 cm³/mol. The fraction of sp³-hybridized carbons (Fsp3) is 0.364. The zero-order valence-corrected chi connectivity index (χ0v) is 16.6. The minimum atomic E-state index is -3.24. The Balaban J connectivity index is 1.74. The smallest absolute Gasteiger partial charge is 0.251 e. The van der Waals surface area contributed by atoms with E-state index >= 15 is 0 Å². The predicted octanol–water partition coefficient (Wildman–Crippen LogP) is 3.42. The van der Waals surface area contributed by atoms with Crippen LogP contribution in [0.5, 0.6) is 0 Å². The van der Waals surface area contributed by atoms with Crippen LogP contribution in [-0.4, -0.2) is 24.4 Å². The van der Waals surface area contributed by atoms with Gasteiger partial charge in [0.2, 0.25) is 0 Å². The van der Waals surface area contributed by atoms with E-state index in [1.54, 1.807) is 37.3 Å². The second kappa shape index (κ2) is 7.17. The zero-order valence-electron chi connectivity index (χ0n) is 15.8. The number of benzene rings is 1. The molecule has 28 heavy (non-hydrogen) atoms. The van der Waals surface area contributed by atoms with Crippen molar-refractivity contribution in [2.45, 2.75) is 49.2 Å². The number of sulfone groups is 1. The molecule has 0 unspecified atom stereocenters. The van der Waals surface area contributed by atoms with Gasteiger partial charge >= 0.3 is 0 Å². The number of ketones is 1. The highest BCUT2D eigenvalue weighted by molar-refractivity contribution is 7.92. The van der Waals surface area contributed by atoms with Crippen LogP contribution >= 0.6 is 0 Å². The standard InChI is InChI=1S/C22H23NO4S/c1-14-2-11-21(23-22(14)25)20(13-15-3-6-17(24)12-15)16-4-7-18(8-5-16)28(26,27)19-9-10-19/h2,4-5,7-8,11,13,15,19H,3,6,9-10,12H2,1H3,(H,23,25)/b20-13+/t15-/m0/s1. The van der Waals surface area contributed by atoms with Crippen LogP contribution < -0.4 is 5.56 Å². The third kappa shape index (κ3) is 3.74. The van der Waals surface area contributed by atoms with Crippen LogP contribution in [0, 0.1) is 12.8 Å². The summed E-state index contributed by atoms with van der Waals surface area (Å²) >= 11 is 0. The molecule has 2 aliphatic rings. The number of rotatable bonds is 5. The van der Waals surface area contributed by atoms with Gasteiger partial charge in [0.25, 0.3) is 5.56 Å². The summed E-state index contributed by atoms with van der Waals surface area (Å²) in [5.74, 6) is 0.381. The maximum absolute atomic E-state index is 12.4. The van der Waals surface area contributed by atoms with Crippen molar-refractivity contribution in [1.82, 2.24) is 4.98 Å². The maximum Gasteiger partial charge on any atom is 0.251 e. The summed E-state index contributed by atoms with van der Waals surface area (Å²) in [6.07, 6.45) is 5.39. The number of aryl methyl sites for hydroxylation is 1. The molecular formula is C22H23NO4S. The molecule has 0 amide bonds. The first-order valence-electron chi connectivity index (χ1n) is 9.63. The van der Waals surface area contributed by atoms with Crippen molar-refractivity contribution in [3.05, 3.63) is 69.6 Å². The van der Waals surface area contributed by atoms with E-state index in [2.05, 4.69) is 4.98 Å². The number of aromatic amines is 1. The summed E-state index contributed by atoms with van der Waals surface area (Å²) in [6, 6.07) is 10.5. The summed E-state index contributed by atoms with van der Waals surface area (Å²) in [5, 5.41) is -0.244. The topological polar surface area (TPSA) is 84.1 Å². The molecule has 0 saturated heterocycles. The van der Waals surface area contributed by atoms with Crippen molar-refractivity contribution in [3.8, 4) is 0 Å². The average molecular weight is 397 g/mol. The second-order valence-corrected chi connectivity index (χ2v) is 10.0. The van der Waals surface area contributed by atoms with E-state index in [9.17, 15) is 18.0 Å². The highest BCUT2D eigenvalue weighted by Crippen LogP contribution is 2.35. The van der Waals surface area contributed by atoms with Gasteiger partial charge in [0, 0.05) is 29.7 Å². The summed E-state index contributed by atoms with van der Waals surface area (Å²) < 4.78 is 24.9. The molecule has 0 radical (unpaired) electrons. The van der Waals surface area contributed by atoms with Crippen molar-refractivity contribution in [2.75, 3.05) is 0 Å². The van der Waals surface area contributed by atoms with Crippen molar-refractivity contribution < 1.29 is 13.2 Å². The third-order valence-electron chi connectivity index (χ3n) is 5.54. The van der Waals surface area contributed by atoms with Crippen molar-refractivity contribution >= 4 is 21.2 Å². The van der Waals surface area contributed by atoms with Crippen LogP contribution in [0.3, 0.4) is 0 Å². The molecule has 1 N–H and O–H groups in total. The van der Waals surface area contributed by atoms with Gasteiger partial charge in [-0.15, -0.1) is 0 Å². The van der Waals surface area contributed by atoms with Gasteiger partial charge in [0.15, 0.2) is 9.84 Å². The Morgan fingerprint density at radius 2 is 1.75 bits per heavy atom. The summed E-state index contributed by atoms with van der Waals surface area (Å²) in [5.41, 5.74) is 2.80. The number of H-pyrrole nitrogens is 1. The number of hydrogen-bond acceptors (Lipinski definition) is 4. The SMILES string of the molecule is Cc1ccc(/C(=C/[C@H]2CCC(=O)C2)c2ccc(S(=O)(=O)C3CC3)cc2)[nH]c1=O. The summed E-state index contributed by atoms with van der Waals surface area (Å²) in [6.45, 7) is 1.75. The van der Waals surface area contributed by atoms with Crippen molar-refractivity contribution in [1.29, 1.82) is 0 Å². The monoisotopic (exact) mass is 397 g/mol. The Bertz CT molecular complexity index is 1110. The lowest BCUT2D eigenvalue weighted by Crippen LogP contribution is -2.12. The van der Waals surface area contributed by atoms with E-state index in [4.69, 9.17) is 0 Å². The molecule has 0 aliphatic heterocycles. The van der Waals surface area contributed by atoms with E-state index in [0.717, 1.165) is 30.4 Å². The first-order chi connectivity index (χ1) is 13.3. The van der Waals surface area contributed by atoms with Crippen LogP contribution in [0.1, 0.15) is 48.9 Å². The first kappa shape index (κ1) is 18.9. The Hall–Kier alpha value is -2.47. The quantitative estimate of drug-likeness (QED) is 0.838. The van der Waals surface area contributed by atoms with E-state index in [-0.39, 0.29) is 22.5 Å². The molecule has 6 heteroatoms. The minimum absolute atomic E-state index is 0.127. The molecule has 1 aromatic carbocycles. The number of carbonyl (C=O) groups excluding carboxylic acids is 1. The van der Waals surface area contributed by atoms with Crippen LogP contribution in [0.2, 0.25) is 0 Å². The molecule has 1 heterocycles. The van der Waals surface area contributed by atoms with Crippen molar-refractivity contribution in [3.63, 3.8) is 0 Å². The van der Waals surface area contributed by atoms with Crippen LogP contribution in [0.15, 0.2) is 52.2 Å². The molecule has 5 nitrogen and oxygen atoms in total. The molecule has 146 valence electrons. The number of allylic oxidation sites excluding steroid dienone is 1. The molecule has 2 aromatic rings. The minimum Gasteiger partial charge on any atom is -0.322 e. The largest absolute Gasteiger partial charge is 0.322 e. The van der Waals surface area contributed by atoms with Gasteiger partial charge < -0.3 is 4.98 Å². The molecular weight excluding hydrogens is 374 g/mol. The Morgan fingerprint density at radius 1 is 1.04 bits per heavy atom. The second-order valence-electron chi connectivity index (χ2n) is 7.77. The first-order valence-corrected chi connectivity index (χ1v) is 11.2. The van der Waals surface area contributed by atoms with E-state index in [1.165, 1.54) is 0 Å². The molecule has 1 aromatic heterocycles. The van der Waals surface area contributed by atoms with Gasteiger partial charge in [-0.25, -0.2) is 8.42 Å². The van der Waals surface area contributed by atoms with Gasteiger partial charge in [-0.3, -0.25) is 9.59 Å². The lowest BCUT2D eigenvalue weighted by atomic mass is 9.96. The molecule has 2 fully saturated rings. The zero-order chi connectivity index (χ0) is 19.9. The number of aromatic nitrogens is 1. The van der Waals surface area contributed by atoms with Gasteiger partial charge in [0.1, 0.15) is 5.78 Å². The van der Waals surface area contributed by atoms with Gasteiger partial charge in [0.05, 0.1) is 10.1 Å². The van der Waals surface area contributed by atoms with Crippen LogP contribution in [0.25, 0.3) is 5.57 Å². The van der Waals surface area contributed by atoms with Gasteiger partial charge in [-0.2, -0.15) is 0 Å². The lowest BCUT2D eigenvalue weighted by molar-refractivity contribution is -0.117. The fourth-order valence-corrected chi connectivity index (χ4v) is 5.32. The third-order valence-corrected chi connectivity index (χ3v) is 7.82. The number of hydrogen-bond donors (Lipinski definition) is 1. The van der Waals surface area contributed by atoms with E-state index in [1.807, 2.05) is 12.1 Å². The molecule has 4 rings (SSSR count). The fourth-order valence-electron chi connectivity index (χ4n) is 3.66. The normalized spacial score (nSPS) is 20.5. The van der Waals surface area contributed by atoms with E-state index < -0.39 is 9.84 Å². The number of nitrogens with one attached hydrogen (secondary N) is 1. The highest BCUT2D eigenvalue weighted by Gasteiger charge is 2.36. The maximum atomic E-state index is 12.4. The average Bonchev–Trinajstić information content (AvgIpc) is 3.46. The Kier molecular flexibility index (Phi) is 4.83. The lowest BCUT2D eigenvalue weighted by Gasteiger charge is -2.13. The van der Waals surface area contributed by atoms with Crippen molar-refractivity contribution in [2.24, 2.45) is 5.92 Å².